The molecule has 3 heterocycles. The molecule has 18 heteroatoms. The molecule has 0 fully saturated rings. The van der Waals surface area contributed by atoms with Crippen molar-refractivity contribution in [2.45, 2.75) is 156 Å². The summed E-state index contributed by atoms with van der Waals surface area (Å²) in [5.41, 5.74) is -5.32. The van der Waals surface area contributed by atoms with Crippen LogP contribution in [0.15, 0.2) is 122 Å². The van der Waals surface area contributed by atoms with E-state index in [1.54, 1.807) is 41.5 Å². The number of rotatable bonds is 21. The summed E-state index contributed by atoms with van der Waals surface area (Å²) in [6.45, 7) is 33.6. The van der Waals surface area contributed by atoms with Gasteiger partial charge in [0.05, 0.1) is 61.3 Å². The third-order valence-corrected chi connectivity index (χ3v) is 12.5. The standard InChI is InChI=1S/3C24H26N4O2/c3*1-5-13-26-20-11-10-17-18(20)7-6-8-19(17)23-27-24(30-28-23)16-9-12-22(29-15(2)3)21(14-16)25-4/h3*6-9,12,14-15,20,26H,5,10-11,13H2,1-3H3/t3*20-/m000/s1/i5D2,6D,7D,8D,9D,10D2,12D,13D2,14D,20D;5D2,6D,7D,8D,9D,10D2,12D,14D,20D;6D,7D,8D,9D,10D2,11D2,12D,14D. The third kappa shape index (κ3) is 14.6. The third-order valence-electron chi connectivity index (χ3n) is 12.5. The molecule has 0 saturated heterocycles. The normalized spacial score (nSPS) is 25.0. The summed E-state index contributed by atoms with van der Waals surface area (Å²) in [7, 11) is 0. The summed E-state index contributed by atoms with van der Waals surface area (Å²) in [4.78, 5) is 22.3. The molecular weight excluding hydrogens is 1130 g/mol. The van der Waals surface area contributed by atoms with E-state index in [4.69, 9.17) is 94.1 Å². The zero-order chi connectivity index (χ0) is 93.3. The minimum atomic E-state index is -2.88. The second-order valence-corrected chi connectivity index (χ2v) is 20.0. The molecule has 0 saturated carbocycles. The highest BCUT2D eigenvalue weighted by molar-refractivity contribution is 5.74. The maximum atomic E-state index is 8.96. The first-order valence-corrected chi connectivity index (χ1v) is 27.8. The van der Waals surface area contributed by atoms with E-state index in [1.807, 2.05) is 6.92 Å². The van der Waals surface area contributed by atoms with Gasteiger partial charge in [0.15, 0.2) is 0 Å². The van der Waals surface area contributed by atoms with Crippen LogP contribution >= 0.6 is 0 Å². The molecule has 0 amide bonds. The molecule has 6 aromatic carbocycles. The van der Waals surface area contributed by atoms with Crippen LogP contribution in [0.4, 0.5) is 17.1 Å². The van der Waals surface area contributed by atoms with Crippen molar-refractivity contribution in [3.05, 3.63) is 176 Å². The Bertz CT molecular complexity index is 5940. The molecule has 18 nitrogen and oxygen atoms in total. The molecule has 0 radical (unpaired) electrons. The average Bonchev–Trinajstić information content (AvgIpc) is 1.55. The molecule has 462 valence electrons. The van der Waals surface area contributed by atoms with Crippen molar-refractivity contribution < 1.29 is 74.4 Å². The van der Waals surface area contributed by atoms with Gasteiger partial charge in [-0.1, -0.05) is 90.6 Å². The number of aromatic nitrogens is 6. The highest BCUT2D eigenvalue weighted by Crippen LogP contribution is 2.42. The second-order valence-electron chi connectivity index (χ2n) is 20.0. The summed E-state index contributed by atoms with van der Waals surface area (Å²) in [5, 5.41) is 19.2. The Labute approximate surface area is 575 Å². The molecule has 0 unspecified atom stereocenters. The lowest BCUT2D eigenvalue weighted by atomic mass is 10.0. The Morgan fingerprint density at radius 3 is 1.31 bits per heavy atom. The predicted molar refractivity (Wildman–Crippen MR) is 350 cm³/mol. The number of ether oxygens (including phenoxy) is 3. The topological polar surface area (TPSA) is 194 Å². The SMILES string of the molecule is [2H]c1c([2H])c(-c2noc(-c3c([2H])c([2H])c(OC(C)C)c([N+]#[C-])c3[2H])n2)c2c(c1[2H])[C@@H](NCCC)C([2H])([2H])C2([2H])[2H].[2H]c1c([2H])c(-c2noc(-c3c([2H])c([2H])c(OC(C)C)c([N+]#[C-])c3[2H])n2)c2c(c1[2H])[C@@]([2H])(NC([2H])([2H])C([2H])([2H])C)CC2([2H])[2H].[2H]c1c([2H])c(-c2noc(-c3c([2H])c([2H])c(OC(C)C)c([N+]#[C-])c3[2H])n2)c2c(c1[2H])[C@@]([2H])(NCC([2H])([2H])C)CC2([2H])[2H]. The summed E-state index contributed by atoms with van der Waals surface area (Å²) in [6.07, 6.45) is -16.6. The number of hydrogen-bond donors (Lipinski definition) is 3. The molecule has 3 atom stereocenters. The Morgan fingerprint density at radius 1 is 0.533 bits per heavy atom. The molecule has 3 N–H and O–H groups in total. The van der Waals surface area contributed by atoms with Crippen LogP contribution in [-0.4, -0.2) is 68.3 Å². The minimum Gasteiger partial charge on any atom is -0.502 e. The van der Waals surface area contributed by atoms with Crippen LogP contribution in [0.3, 0.4) is 0 Å². The van der Waals surface area contributed by atoms with Crippen LogP contribution in [0.5, 0.6) is 17.2 Å². The summed E-state index contributed by atoms with van der Waals surface area (Å²) < 4.78 is 319. The van der Waals surface area contributed by atoms with E-state index < -0.39 is 260 Å². The smallest absolute Gasteiger partial charge is 0.256 e. The van der Waals surface area contributed by atoms with Crippen molar-refractivity contribution in [3.8, 4) is 85.8 Å². The first kappa shape index (κ1) is 33.4. The highest BCUT2D eigenvalue weighted by Gasteiger charge is 2.30. The Hall–Kier alpha value is -9.51. The summed E-state index contributed by atoms with van der Waals surface area (Å²) >= 11 is 0. The van der Waals surface area contributed by atoms with Gasteiger partial charge < -0.3 is 43.7 Å². The van der Waals surface area contributed by atoms with Crippen LogP contribution < -0.4 is 30.2 Å². The van der Waals surface area contributed by atoms with E-state index in [9.17, 15) is 0 Å². The molecule has 90 heavy (non-hydrogen) atoms. The number of nitrogens with one attached hydrogen (secondary N) is 3. The van der Waals surface area contributed by atoms with Gasteiger partial charge in [0.2, 0.25) is 34.5 Å². The fraction of sp³-hybridized carbons (Fsp3) is 0.375. The van der Waals surface area contributed by atoms with Crippen LogP contribution in [0.2, 0.25) is 0 Å². The number of benzene rings is 6. The quantitative estimate of drug-likeness (QED) is 0.0575. The minimum absolute atomic E-state index is 0.118. The van der Waals surface area contributed by atoms with Crippen LogP contribution in [0.1, 0.15) is 199 Å². The summed E-state index contributed by atoms with van der Waals surface area (Å²) in [6, 6.07) is -16.2. The number of nitrogens with zero attached hydrogens (tertiary/aromatic N) is 9. The van der Waals surface area contributed by atoms with Crippen LogP contribution in [0, 0.1) is 19.7 Å². The maximum Gasteiger partial charge on any atom is 0.256 e. The van der Waals surface area contributed by atoms with Gasteiger partial charge in [-0.15, -0.1) is 0 Å². The van der Waals surface area contributed by atoms with Crippen molar-refractivity contribution in [3.63, 3.8) is 0 Å². The van der Waals surface area contributed by atoms with E-state index in [0.29, 0.717) is 13.0 Å². The Morgan fingerprint density at radius 2 is 0.933 bits per heavy atom. The predicted octanol–water partition coefficient (Wildman–Crippen LogP) is 17.2. The molecule has 3 aromatic heterocycles. The lowest BCUT2D eigenvalue weighted by Gasteiger charge is -2.13. The molecule has 9 aromatic rings. The van der Waals surface area contributed by atoms with Gasteiger partial charge >= 0.3 is 0 Å². The molecule has 3 aliphatic rings. The maximum absolute atomic E-state index is 8.96. The lowest BCUT2D eigenvalue weighted by molar-refractivity contribution is 0.244. The summed E-state index contributed by atoms with van der Waals surface area (Å²) in [5.74, 6) is -3.55. The van der Waals surface area contributed by atoms with Crippen LogP contribution in [0.25, 0.3) is 83.1 Å². The van der Waals surface area contributed by atoms with E-state index >= 15 is 0 Å². The van der Waals surface area contributed by atoms with E-state index in [0.717, 1.165) is 6.92 Å². The monoisotopic (exact) mass is 1240 g/mol. The van der Waals surface area contributed by atoms with Crippen LogP contribution in [-0.2, 0) is 19.1 Å². The van der Waals surface area contributed by atoms with E-state index in [2.05, 4.69) is 60.9 Å². The van der Waals surface area contributed by atoms with Gasteiger partial charge in [-0.2, -0.15) is 15.0 Å². The average molecular weight is 1240 g/mol. The zero-order valence-electron chi connectivity index (χ0n) is 83.8. The van der Waals surface area contributed by atoms with Crippen molar-refractivity contribution in [1.82, 2.24) is 46.4 Å². The Balaban J connectivity index is 0.000000195. The van der Waals surface area contributed by atoms with Crippen molar-refractivity contribution >= 4 is 17.1 Å². The van der Waals surface area contributed by atoms with Gasteiger partial charge in [-0.05, 0) is 206 Å². The first-order valence-electron chi connectivity index (χ1n) is 44.8. The molecular formula is C72H78N12O6. The second kappa shape index (κ2) is 29.7. The lowest BCUT2D eigenvalue weighted by Crippen LogP contribution is -2.19. The van der Waals surface area contributed by atoms with Crippen molar-refractivity contribution in [2.24, 2.45) is 0 Å². The largest absolute Gasteiger partial charge is 0.502 e. The van der Waals surface area contributed by atoms with Gasteiger partial charge in [-0.3, -0.25) is 0 Å². The fourth-order valence-electron chi connectivity index (χ4n) is 8.62. The van der Waals surface area contributed by atoms with Gasteiger partial charge in [0, 0.05) is 74.8 Å². The van der Waals surface area contributed by atoms with Gasteiger partial charge in [0.1, 0.15) is 17.2 Å². The number of fused-ring (bicyclic) bond motifs is 3. The molecule has 0 bridgehead atoms. The fourth-order valence-corrected chi connectivity index (χ4v) is 8.62. The van der Waals surface area contributed by atoms with Gasteiger partial charge in [0.25, 0.3) is 17.7 Å². The molecule has 3 aliphatic carbocycles. The molecule has 0 aliphatic heterocycles. The van der Waals surface area contributed by atoms with Crippen molar-refractivity contribution in [2.75, 3.05) is 19.6 Å². The van der Waals surface area contributed by atoms with Crippen molar-refractivity contribution in [1.29, 1.82) is 0 Å². The molecule has 0 spiro atoms. The molecule has 12 rings (SSSR count). The highest BCUT2D eigenvalue weighted by atomic mass is 16.5. The van der Waals surface area contributed by atoms with E-state index in [-0.39, 0.29) is 85.4 Å². The Kier molecular flexibility index (Phi) is 11.0. The van der Waals surface area contributed by atoms with E-state index in [1.165, 1.54) is 6.92 Å². The number of hydrogen-bond acceptors (Lipinski definition) is 15. The zero-order valence-corrected chi connectivity index (χ0v) is 49.8. The first-order chi connectivity index (χ1) is 57.1. The van der Waals surface area contributed by atoms with Gasteiger partial charge in [-0.25, -0.2) is 14.5 Å².